The third-order valence-corrected chi connectivity index (χ3v) is 3.56. The van der Waals surface area contributed by atoms with Crippen LogP contribution in [-0.2, 0) is 0 Å². The van der Waals surface area contributed by atoms with Gasteiger partial charge in [-0.05, 0) is 31.5 Å². The van der Waals surface area contributed by atoms with E-state index in [0.29, 0.717) is 41.1 Å². The predicted molar refractivity (Wildman–Crippen MR) is 96.8 cm³/mol. The second kappa shape index (κ2) is 8.86. The Hall–Kier alpha value is -2.83. The molecule has 0 aliphatic rings. The average Bonchev–Trinajstić information content (AvgIpc) is 2.61. The maximum absolute atomic E-state index is 12.2. The van der Waals surface area contributed by atoms with Crippen LogP contribution in [-0.4, -0.2) is 36.6 Å². The summed E-state index contributed by atoms with van der Waals surface area (Å²) in [6.07, 6.45) is 1.95. The van der Waals surface area contributed by atoms with Crippen LogP contribution in [0.1, 0.15) is 35.9 Å². The molecule has 0 aliphatic carbocycles. The van der Waals surface area contributed by atoms with Gasteiger partial charge in [0.1, 0.15) is 17.2 Å². The Labute approximate surface area is 147 Å². The van der Waals surface area contributed by atoms with Crippen LogP contribution in [0.2, 0.25) is 0 Å². The lowest BCUT2D eigenvalue weighted by molar-refractivity contribution is 0.0948. The number of carbonyl (C=O) groups is 1. The Bertz CT molecular complexity index is 734. The van der Waals surface area contributed by atoms with Crippen molar-refractivity contribution >= 4 is 17.5 Å². The molecule has 7 nitrogen and oxygen atoms in total. The van der Waals surface area contributed by atoms with Gasteiger partial charge in [0.2, 0.25) is 5.95 Å². The fraction of sp³-hybridized carbons (Fsp3) is 0.389. The van der Waals surface area contributed by atoms with Crippen LogP contribution in [0.4, 0.5) is 11.6 Å². The van der Waals surface area contributed by atoms with Crippen molar-refractivity contribution < 1.29 is 14.3 Å². The molecule has 0 aliphatic heterocycles. The van der Waals surface area contributed by atoms with Gasteiger partial charge in [0, 0.05) is 18.3 Å². The van der Waals surface area contributed by atoms with Crippen molar-refractivity contribution in [3.63, 3.8) is 0 Å². The third kappa shape index (κ3) is 5.07. The number of ether oxygens (including phenoxy) is 2. The van der Waals surface area contributed by atoms with Gasteiger partial charge < -0.3 is 20.1 Å². The molecule has 0 bridgehead atoms. The van der Waals surface area contributed by atoms with Gasteiger partial charge in [-0.1, -0.05) is 13.3 Å². The smallest absolute Gasteiger partial charge is 0.270 e. The van der Waals surface area contributed by atoms with Gasteiger partial charge in [-0.15, -0.1) is 0 Å². The second-order valence-electron chi connectivity index (χ2n) is 5.52. The zero-order valence-electron chi connectivity index (χ0n) is 15.0. The van der Waals surface area contributed by atoms with Crippen molar-refractivity contribution in [2.24, 2.45) is 0 Å². The molecule has 2 N–H and O–H groups in total. The fourth-order valence-electron chi connectivity index (χ4n) is 2.24. The quantitative estimate of drug-likeness (QED) is 0.716. The number of hydrogen-bond acceptors (Lipinski definition) is 6. The van der Waals surface area contributed by atoms with Crippen molar-refractivity contribution in [2.75, 3.05) is 26.1 Å². The molecular formula is C18H24N4O3. The van der Waals surface area contributed by atoms with E-state index in [9.17, 15) is 4.79 Å². The zero-order valence-corrected chi connectivity index (χ0v) is 15.0. The lowest BCUT2D eigenvalue weighted by atomic mass is 10.2. The van der Waals surface area contributed by atoms with E-state index < -0.39 is 0 Å². The van der Waals surface area contributed by atoms with Gasteiger partial charge in [-0.25, -0.2) is 9.97 Å². The molecule has 0 spiro atoms. The molecule has 0 saturated heterocycles. The molecule has 0 saturated carbocycles. The number of nitrogens with zero attached hydrogens (tertiary/aromatic N) is 2. The second-order valence-corrected chi connectivity index (χ2v) is 5.52. The van der Waals surface area contributed by atoms with E-state index in [1.165, 1.54) is 0 Å². The Morgan fingerprint density at radius 3 is 2.64 bits per heavy atom. The fourth-order valence-corrected chi connectivity index (χ4v) is 2.24. The Morgan fingerprint density at radius 2 is 1.96 bits per heavy atom. The highest BCUT2D eigenvalue weighted by Crippen LogP contribution is 2.30. The van der Waals surface area contributed by atoms with Crippen LogP contribution < -0.4 is 20.1 Å². The van der Waals surface area contributed by atoms with Crippen molar-refractivity contribution in [3.05, 3.63) is 35.7 Å². The first-order valence-electron chi connectivity index (χ1n) is 8.20. The number of methoxy groups -OCH3 is 2. The minimum absolute atomic E-state index is 0.209. The highest BCUT2D eigenvalue weighted by Gasteiger charge is 2.12. The number of benzene rings is 1. The van der Waals surface area contributed by atoms with Crippen molar-refractivity contribution in [1.82, 2.24) is 15.3 Å². The van der Waals surface area contributed by atoms with E-state index in [2.05, 4.69) is 27.5 Å². The summed E-state index contributed by atoms with van der Waals surface area (Å²) in [7, 11) is 3.17. The number of hydrogen-bond donors (Lipinski definition) is 2. The summed E-state index contributed by atoms with van der Waals surface area (Å²) in [4.78, 5) is 20.9. The SMILES string of the molecule is CCCCNC(=O)c1cc(C)nc(Nc2cc(OC)ccc2OC)n1. The molecule has 1 aromatic heterocycles. The van der Waals surface area contributed by atoms with Crippen LogP contribution in [0, 0.1) is 6.92 Å². The van der Waals surface area contributed by atoms with Gasteiger partial charge in [0.05, 0.1) is 19.9 Å². The first kappa shape index (κ1) is 18.5. The van der Waals surface area contributed by atoms with Crippen LogP contribution in [0.25, 0.3) is 0 Å². The number of aryl methyl sites for hydroxylation is 1. The Balaban J connectivity index is 2.24. The van der Waals surface area contributed by atoms with E-state index in [1.807, 2.05) is 6.92 Å². The number of unbranched alkanes of at least 4 members (excludes halogenated alkanes) is 1. The predicted octanol–water partition coefficient (Wildman–Crippen LogP) is 3.08. The molecule has 0 radical (unpaired) electrons. The van der Waals surface area contributed by atoms with Crippen LogP contribution in [0.15, 0.2) is 24.3 Å². The van der Waals surface area contributed by atoms with E-state index in [4.69, 9.17) is 9.47 Å². The standard InChI is InChI=1S/C18H24N4O3/c1-5-6-9-19-17(23)15-10-12(2)20-18(22-15)21-14-11-13(24-3)7-8-16(14)25-4/h7-8,10-11H,5-6,9H2,1-4H3,(H,19,23)(H,20,21,22). The molecule has 1 heterocycles. The normalized spacial score (nSPS) is 10.2. The van der Waals surface area contributed by atoms with Gasteiger partial charge in [0.25, 0.3) is 5.91 Å². The molecule has 25 heavy (non-hydrogen) atoms. The summed E-state index contributed by atoms with van der Waals surface area (Å²) >= 11 is 0. The largest absolute Gasteiger partial charge is 0.497 e. The molecular weight excluding hydrogens is 320 g/mol. The lowest BCUT2D eigenvalue weighted by Crippen LogP contribution is -2.25. The number of anilines is 2. The maximum Gasteiger partial charge on any atom is 0.270 e. The molecule has 2 aromatic rings. The monoisotopic (exact) mass is 344 g/mol. The topological polar surface area (TPSA) is 85.4 Å². The Kier molecular flexibility index (Phi) is 6.56. The van der Waals surface area contributed by atoms with E-state index >= 15 is 0 Å². The molecule has 0 unspecified atom stereocenters. The molecule has 7 heteroatoms. The molecule has 0 fully saturated rings. The highest BCUT2D eigenvalue weighted by atomic mass is 16.5. The highest BCUT2D eigenvalue weighted by molar-refractivity contribution is 5.92. The third-order valence-electron chi connectivity index (χ3n) is 3.56. The number of rotatable bonds is 8. The van der Waals surface area contributed by atoms with Crippen LogP contribution in [0.3, 0.4) is 0 Å². The molecule has 1 aromatic carbocycles. The van der Waals surface area contributed by atoms with Gasteiger partial charge >= 0.3 is 0 Å². The first-order chi connectivity index (χ1) is 12.1. The summed E-state index contributed by atoms with van der Waals surface area (Å²) in [5.41, 5.74) is 1.68. The van der Waals surface area contributed by atoms with Crippen molar-refractivity contribution in [1.29, 1.82) is 0 Å². The molecule has 0 atom stereocenters. The number of amides is 1. The number of nitrogens with one attached hydrogen (secondary N) is 2. The van der Waals surface area contributed by atoms with Gasteiger partial charge in [-0.2, -0.15) is 0 Å². The molecule has 2 rings (SSSR count). The summed E-state index contributed by atoms with van der Waals surface area (Å²) in [6.45, 7) is 4.52. The summed E-state index contributed by atoms with van der Waals surface area (Å²) < 4.78 is 10.6. The van der Waals surface area contributed by atoms with Gasteiger partial charge in [-0.3, -0.25) is 4.79 Å². The lowest BCUT2D eigenvalue weighted by Gasteiger charge is -2.12. The number of aromatic nitrogens is 2. The average molecular weight is 344 g/mol. The van der Waals surface area contributed by atoms with Gasteiger partial charge in [0.15, 0.2) is 0 Å². The summed E-state index contributed by atoms with van der Waals surface area (Å²) in [5.74, 6) is 1.42. The first-order valence-corrected chi connectivity index (χ1v) is 8.20. The minimum atomic E-state index is -0.209. The van der Waals surface area contributed by atoms with E-state index in [-0.39, 0.29) is 5.91 Å². The summed E-state index contributed by atoms with van der Waals surface area (Å²) in [6, 6.07) is 7.03. The van der Waals surface area contributed by atoms with E-state index in [0.717, 1.165) is 12.8 Å². The van der Waals surface area contributed by atoms with E-state index in [1.54, 1.807) is 38.5 Å². The number of carbonyl (C=O) groups excluding carboxylic acids is 1. The summed E-state index contributed by atoms with van der Waals surface area (Å²) in [5, 5.41) is 5.95. The molecule has 1 amide bonds. The minimum Gasteiger partial charge on any atom is -0.497 e. The zero-order chi connectivity index (χ0) is 18.2. The Morgan fingerprint density at radius 1 is 1.16 bits per heavy atom. The van der Waals surface area contributed by atoms with Crippen LogP contribution >= 0.6 is 0 Å². The van der Waals surface area contributed by atoms with Crippen molar-refractivity contribution in [2.45, 2.75) is 26.7 Å². The van der Waals surface area contributed by atoms with Crippen LogP contribution in [0.5, 0.6) is 11.5 Å². The molecule has 134 valence electrons. The maximum atomic E-state index is 12.2. The van der Waals surface area contributed by atoms with Crippen molar-refractivity contribution in [3.8, 4) is 11.5 Å².